The number of aryl methyl sites for hydroxylation is 1. The number of nitrogens with one attached hydrogen (secondary N) is 1. The zero-order valence-electron chi connectivity index (χ0n) is 17.3. The smallest absolute Gasteiger partial charge is 0.183 e. The molecule has 1 fully saturated rings. The Bertz CT molecular complexity index is 1010. The van der Waals surface area contributed by atoms with Crippen LogP contribution in [0.1, 0.15) is 16.8 Å². The van der Waals surface area contributed by atoms with Crippen molar-refractivity contribution in [1.29, 1.82) is 0 Å². The third-order valence-corrected chi connectivity index (χ3v) is 6.75. The van der Waals surface area contributed by atoms with Gasteiger partial charge in [-0.05, 0) is 30.2 Å². The minimum Gasteiger partial charge on any atom is -0.493 e. The second-order valence-corrected chi connectivity index (χ2v) is 8.74. The Balaban J connectivity index is 1.20. The maximum Gasteiger partial charge on any atom is 0.183 e. The van der Waals surface area contributed by atoms with Crippen LogP contribution in [-0.4, -0.2) is 59.1 Å². The zero-order valence-corrected chi connectivity index (χ0v) is 18.1. The van der Waals surface area contributed by atoms with Crippen molar-refractivity contribution < 1.29 is 9.47 Å². The van der Waals surface area contributed by atoms with Crippen molar-refractivity contribution in [1.82, 2.24) is 19.7 Å². The fourth-order valence-electron chi connectivity index (χ4n) is 3.91. The molecule has 0 unspecified atom stereocenters. The van der Waals surface area contributed by atoms with Gasteiger partial charge in [0.15, 0.2) is 5.13 Å². The van der Waals surface area contributed by atoms with E-state index in [1.165, 1.54) is 11.1 Å². The first-order valence-corrected chi connectivity index (χ1v) is 11.4. The molecule has 0 bridgehead atoms. The van der Waals surface area contributed by atoms with Crippen LogP contribution in [0.5, 0.6) is 5.75 Å². The fraction of sp³-hybridized carbons (Fsp3) is 0.455. The SMILES string of the molecule is Cc1nc(NCc2ccc3c(c2)CCO3)sc1-c1ccn(CCN2CCOCC2)n1. The summed E-state index contributed by atoms with van der Waals surface area (Å²) < 4.78 is 13.0. The summed E-state index contributed by atoms with van der Waals surface area (Å²) in [5.41, 5.74) is 4.56. The quantitative estimate of drug-likeness (QED) is 0.627. The molecule has 3 aromatic rings. The highest BCUT2D eigenvalue weighted by Crippen LogP contribution is 2.32. The Labute approximate surface area is 180 Å². The van der Waals surface area contributed by atoms with Crippen molar-refractivity contribution in [3.63, 3.8) is 0 Å². The molecule has 5 rings (SSSR count). The average molecular weight is 426 g/mol. The van der Waals surface area contributed by atoms with Gasteiger partial charge < -0.3 is 14.8 Å². The Morgan fingerprint density at radius 2 is 2.03 bits per heavy atom. The summed E-state index contributed by atoms with van der Waals surface area (Å²) in [5, 5.41) is 9.19. The highest BCUT2D eigenvalue weighted by Gasteiger charge is 2.15. The van der Waals surface area contributed by atoms with E-state index >= 15 is 0 Å². The fourth-order valence-corrected chi connectivity index (χ4v) is 4.84. The minimum atomic E-state index is 0.758. The molecule has 30 heavy (non-hydrogen) atoms. The van der Waals surface area contributed by atoms with Crippen LogP contribution in [0.4, 0.5) is 5.13 Å². The van der Waals surface area contributed by atoms with Crippen LogP contribution < -0.4 is 10.1 Å². The maximum atomic E-state index is 5.59. The number of morpholine rings is 1. The first-order valence-electron chi connectivity index (χ1n) is 10.5. The summed E-state index contributed by atoms with van der Waals surface area (Å²) in [6, 6.07) is 8.51. The third kappa shape index (κ3) is 4.35. The van der Waals surface area contributed by atoms with Crippen LogP contribution in [0.25, 0.3) is 10.6 Å². The number of fused-ring (bicyclic) bond motifs is 1. The molecule has 0 radical (unpaired) electrons. The molecule has 7 nitrogen and oxygen atoms in total. The predicted molar refractivity (Wildman–Crippen MR) is 118 cm³/mol. The molecule has 0 aliphatic carbocycles. The van der Waals surface area contributed by atoms with Crippen LogP contribution in [0, 0.1) is 6.92 Å². The minimum absolute atomic E-state index is 0.758. The molecule has 0 atom stereocenters. The Hall–Kier alpha value is -2.42. The molecule has 0 spiro atoms. The molecule has 2 aliphatic heterocycles. The number of anilines is 1. The molecule has 2 aromatic heterocycles. The lowest BCUT2D eigenvalue weighted by molar-refractivity contribution is 0.0360. The van der Waals surface area contributed by atoms with Crippen LogP contribution in [0.3, 0.4) is 0 Å². The van der Waals surface area contributed by atoms with Crippen molar-refractivity contribution in [3.8, 4) is 16.3 Å². The van der Waals surface area contributed by atoms with Gasteiger partial charge in [-0.15, -0.1) is 0 Å². The monoisotopic (exact) mass is 425 g/mol. The van der Waals surface area contributed by atoms with Crippen LogP contribution >= 0.6 is 11.3 Å². The van der Waals surface area contributed by atoms with E-state index in [0.717, 1.165) is 86.1 Å². The molecule has 2 aliphatic rings. The summed E-state index contributed by atoms with van der Waals surface area (Å²) in [6.45, 7) is 9.18. The summed E-state index contributed by atoms with van der Waals surface area (Å²) in [6.07, 6.45) is 3.06. The lowest BCUT2D eigenvalue weighted by atomic mass is 10.1. The normalized spacial score (nSPS) is 16.4. The molecule has 158 valence electrons. The largest absolute Gasteiger partial charge is 0.493 e. The maximum absolute atomic E-state index is 5.59. The molecule has 0 saturated carbocycles. The van der Waals surface area contributed by atoms with Gasteiger partial charge in [-0.25, -0.2) is 4.98 Å². The van der Waals surface area contributed by atoms with E-state index in [4.69, 9.17) is 19.6 Å². The second kappa shape index (κ2) is 8.75. The van der Waals surface area contributed by atoms with Gasteiger partial charge in [-0.3, -0.25) is 9.58 Å². The van der Waals surface area contributed by atoms with Crippen molar-refractivity contribution in [3.05, 3.63) is 47.3 Å². The number of nitrogens with zero attached hydrogens (tertiary/aromatic N) is 4. The van der Waals surface area contributed by atoms with E-state index in [2.05, 4.69) is 47.6 Å². The van der Waals surface area contributed by atoms with Crippen molar-refractivity contribution in [2.75, 3.05) is 44.8 Å². The standard InChI is InChI=1S/C22H27N5O2S/c1-16-21(19-4-6-27(25-19)8-7-26-9-12-28-13-10-26)30-22(24-16)23-15-17-2-3-20-18(14-17)5-11-29-20/h2-4,6,14H,5,7-13,15H2,1H3,(H,23,24). The number of rotatable bonds is 7. The van der Waals surface area contributed by atoms with Crippen molar-refractivity contribution in [2.45, 2.75) is 26.4 Å². The highest BCUT2D eigenvalue weighted by molar-refractivity contribution is 7.19. The van der Waals surface area contributed by atoms with E-state index < -0.39 is 0 Å². The Morgan fingerprint density at radius 1 is 1.13 bits per heavy atom. The number of ether oxygens (including phenoxy) is 2. The van der Waals surface area contributed by atoms with Gasteiger partial charge in [0.1, 0.15) is 11.4 Å². The van der Waals surface area contributed by atoms with Crippen LogP contribution in [0.15, 0.2) is 30.5 Å². The first-order chi connectivity index (χ1) is 14.7. The third-order valence-electron chi connectivity index (χ3n) is 5.62. The Morgan fingerprint density at radius 3 is 2.93 bits per heavy atom. The summed E-state index contributed by atoms with van der Waals surface area (Å²) >= 11 is 1.67. The number of benzene rings is 1. The lowest BCUT2D eigenvalue weighted by Crippen LogP contribution is -2.38. The van der Waals surface area contributed by atoms with Crippen LogP contribution in [0.2, 0.25) is 0 Å². The van der Waals surface area contributed by atoms with Crippen molar-refractivity contribution >= 4 is 16.5 Å². The van der Waals surface area contributed by atoms with Gasteiger partial charge in [0.25, 0.3) is 0 Å². The number of aromatic nitrogens is 3. The zero-order chi connectivity index (χ0) is 20.3. The van der Waals surface area contributed by atoms with E-state index in [1.807, 2.05) is 4.68 Å². The van der Waals surface area contributed by atoms with Gasteiger partial charge in [-0.1, -0.05) is 23.5 Å². The number of hydrogen-bond donors (Lipinski definition) is 1. The molecule has 1 aromatic carbocycles. The van der Waals surface area contributed by atoms with Gasteiger partial charge in [-0.2, -0.15) is 5.10 Å². The van der Waals surface area contributed by atoms with Crippen molar-refractivity contribution in [2.24, 2.45) is 0 Å². The molecule has 1 saturated heterocycles. The molecule has 1 N–H and O–H groups in total. The van der Waals surface area contributed by atoms with Gasteiger partial charge >= 0.3 is 0 Å². The molecule has 0 amide bonds. The summed E-state index contributed by atoms with van der Waals surface area (Å²) in [4.78, 5) is 8.27. The summed E-state index contributed by atoms with van der Waals surface area (Å²) in [7, 11) is 0. The number of hydrogen-bond acceptors (Lipinski definition) is 7. The van der Waals surface area contributed by atoms with Gasteiger partial charge in [0.05, 0.1) is 36.9 Å². The average Bonchev–Trinajstić information content (AvgIpc) is 3.50. The first kappa shape index (κ1) is 19.5. The lowest BCUT2D eigenvalue weighted by Gasteiger charge is -2.26. The highest BCUT2D eigenvalue weighted by atomic mass is 32.1. The number of thiazole rings is 1. The molecule has 4 heterocycles. The van der Waals surface area contributed by atoms with E-state index in [0.29, 0.717) is 0 Å². The molecule has 8 heteroatoms. The Kier molecular flexibility index (Phi) is 5.70. The van der Waals surface area contributed by atoms with E-state index in [9.17, 15) is 0 Å². The summed E-state index contributed by atoms with van der Waals surface area (Å²) in [5.74, 6) is 1.02. The topological polar surface area (TPSA) is 64.4 Å². The van der Waals surface area contributed by atoms with E-state index in [1.54, 1.807) is 11.3 Å². The van der Waals surface area contributed by atoms with Gasteiger partial charge in [0.2, 0.25) is 0 Å². The predicted octanol–water partition coefficient (Wildman–Crippen LogP) is 3.19. The molecular weight excluding hydrogens is 398 g/mol. The molecular formula is C22H27N5O2S. The van der Waals surface area contributed by atoms with Gasteiger partial charge in [0, 0.05) is 38.8 Å². The second-order valence-electron chi connectivity index (χ2n) is 7.75. The van der Waals surface area contributed by atoms with Crippen LogP contribution in [-0.2, 0) is 24.2 Å². The van der Waals surface area contributed by atoms with E-state index in [-0.39, 0.29) is 0 Å².